The molecule has 158 valence electrons. The maximum absolute atomic E-state index is 5.08. The second-order valence-electron chi connectivity index (χ2n) is 8.73. The molecule has 0 atom stereocenters. The second-order valence-corrected chi connectivity index (χ2v) is 8.73. The zero-order valence-electron chi connectivity index (χ0n) is 18.2. The van der Waals surface area contributed by atoms with Crippen molar-refractivity contribution in [2.45, 2.75) is 0 Å². The maximum atomic E-state index is 5.08. The van der Waals surface area contributed by atoms with Gasteiger partial charge in [-0.15, -0.1) is 0 Å². The first-order chi connectivity index (χ1) is 16.9. The average Bonchev–Trinajstić information content (AvgIpc) is 3.45. The summed E-state index contributed by atoms with van der Waals surface area (Å²) in [5, 5.41) is 4.69. The van der Waals surface area contributed by atoms with Gasteiger partial charge in [0.2, 0.25) is 0 Å². The Hall–Kier alpha value is -4.70. The van der Waals surface area contributed by atoms with Gasteiger partial charge in [0.15, 0.2) is 0 Å². The van der Waals surface area contributed by atoms with Gasteiger partial charge in [0.25, 0.3) is 0 Å². The highest BCUT2D eigenvalue weighted by Crippen LogP contribution is 2.38. The molecule has 0 bridgehead atoms. The Morgan fingerprint density at radius 1 is 0.529 bits per heavy atom. The number of hydrogen-bond donors (Lipinski definition) is 0. The summed E-state index contributed by atoms with van der Waals surface area (Å²) in [7, 11) is 0. The van der Waals surface area contributed by atoms with Crippen molar-refractivity contribution in [2.24, 2.45) is 0 Å². The molecule has 4 heteroatoms. The van der Waals surface area contributed by atoms with Gasteiger partial charge in [-0.2, -0.15) is 0 Å². The highest BCUT2D eigenvalue weighted by molar-refractivity contribution is 6.20. The Balaban J connectivity index is 1.67. The summed E-state index contributed by atoms with van der Waals surface area (Å²) in [6.07, 6.45) is 1.88. The van der Waals surface area contributed by atoms with Gasteiger partial charge in [-0.25, -0.2) is 4.98 Å². The normalized spacial score (nSPS) is 12.1. The molecular formula is C30H18N4. The topological polar surface area (TPSA) is 35.1 Å². The molecule has 0 saturated carbocycles. The monoisotopic (exact) mass is 434 g/mol. The third kappa shape index (κ3) is 2.22. The fraction of sp³-hybridized carbons (Fsp3) is 0. The smallest absolute Gasteiger partial charge is 0.146 e. The van der Waals surface area contributed by atoms with E-state index in [2.05, 4.69) is 100.0 Å². The predicted octanol–water partition coefficient (Wildman–Crippen LogP) is 7.29. The third-order valence-electron chi connectivity index (χ3n) is 6.91. The second kappa shape index (κ2) is 6.42. The quantitative estimate of drug-likeness (QED) is 0.254. The first-order valence-corrected chi connectivity index (χ1v) is 11.4. The number of nitrogens with zero attached hydrogens (tertiary/aromatic N) is 4. The lowest BCUT2D eigenvalue weighted by molar-refractivity contribution is 1.18. The number of pyridine rings is 2. The molecule has 0 unspecified atom stereocenters. The van der Waals surface area contributed by atoms with Gasteiger partial charge in [0.05, 0.1) is 33.1 Å². The van der Waals surface area contributed by atoms with Crippen molar-refractivity contribution < 1.29 is 0 Å². The van der Waals surface area contributed by atoms with Crippen molar-refractivity contribution in [1.29, 1.82) is 0 Å². The Bertz CT molecular complexity index is 2060. The van der Waals surface area contributed by atoms with E-state index in [-0.39, 0.29) is 0 Å². The average molecular weight is 435 g/mol. The summed E-state index contributed by atoms with van der Waals surface area (Å²) < 4.78 is 4.60. The van der Waals surface area contributed by atoms with E-state index in [1.54, 1.807) is 0 Å². The predicted molar refractivity (Wildman–Crippen MR) is 140 cm³/mol. The van der Waals surface area contributed by atoms with Gasteiger partial charge < -0.3 is 4.57 Å². The summed E-state index contributed by atoms with van der Waals surface area (Å²) >= 11 is 0. The minimum absolute atomic E-state index is 0.962. The van der Waals surface area contributed by atoms with Crippen molar-refractivity contribution in [3.05, 3.63) is 109 Å². The molecule has 0 fully saturated rings. The summed E-state index contributed by atoms with van der Waals surface area (Å²) in [5.41, 5.74) is 8.63. The van der Waals surface area contributed by atoms with E-state index >= 15 is 0 Å². The van der Waals surface area contributed by atoms with E-state index < -0.39 is 0 Å². The summed E-state index contributed by atoms with van der Waals surface area (Å²) in [4.78, 5) is 9.92. The highest BCUT2D eigenvalue weighted by Gasteiger charge is 2.18. The van der Waals surface area contributed by atoms with E-state index in [1.807, 2.05) is 18.3 Å². The summed E-state index contributed by atoms with van der Waals surface area (Å²) in [5.74, 6) is 0. The van der Waals surface area contributed by atoms with Crippen LogP contribution in [-0.4, -0.2) is 18.9 Å². The molecule has 8 rings (SSSR count). The molecule has 8 aromatic rings. The number of rotatable bonds is 1. The first kappa shape index (κ1) is 17.8. The molecule has 4 aromatic heterocycles. The van der Waals surface area contributed by atoms with Crippen LogP contribution in [-0.2, 0) is 0 Å². The minimum atomic E-state index is 0.962. The zero-order chi connectivity index (χ0) is 22.2. The fourth-order valence-electron chi connectivity index (χ4n) is 5.49. The molecule has 4 heterocycles. The number of fused-ring (bicyclic) bond motifs is 11. The molecule has 0 spiro atoms. The van der Waals surface area contributed by atoms with Crippen molar-refractivity contribution in [3.8, 4) is 5.69 Å². The Morgan fingerprint density at radius 2 is 1.29 bits per heavy atom. The van der Waals surface area contributed by atoms with Gasteiger partial charge in [0, 0.05) is 33.4 Å². The number of aromatic nitrogens is 4. The molecular weight excluding hydrogens is 416 g/mol. The van der Waals surface area contributed by atoms with Crippen LogP contribution in [0, 0.1) is 0 Å². The fourth-order valence-corrected chi connectivity index (χ4v) is 5.49. The number of imidazole rings is 1. The molecule has 0 N–H and O–H groups in total. The lowest BCUT2D eigenvalue weighted by atomic mass is 10.1. The minimum Gasteiger partial charge on any atom is -0.309 e. The van der Waals surface area contributed by atoms with Crippen molar-refractivity contribution in [3.63, 3.8) is 0 Å². The summed E-state index contributed by atoms with van der Waals surface area (Å²) in [6.45, 7) is 0. The Kier molecular flexibility index (Phi) is 3.36. The number of para-hydroxylation sites is 4. The van der Waals surface area contributed by atoms with Gasteiger partial charge >= 0.3 is 0 Å². The van der Waals surface area contributed by atoms with Crippen LogP contribution in [0.15, 0.2) is 109 Å². The lowest BCUT2D eigenvalue weighted by Crippen LogP contribution is -1.95. The van der Waals surface area contributed by atoms with Crippen LogP contribution in [0.1, 0.15) is 0 Å². The van der Waals surface area contributed by atoms with E-state index in [9.17, 15) is 0 Å². The highest BCUT2D eigenvalue weighted by atomic mass is 15.0. The number of benzene rings is 4. The molecule has 4 aromatic carbocycles. The number of hydrogen-bond acceptors (Lipinski definition) is 2. The molecule has 34 heavy (non-hydrogen) atoms. The first-order valence-electron chi connectivity index (χ1n) is 11.4. The third-order valence-corrected chi connectivity index (χ3v) is 6.91. The zero-order valence-corrected chi connectivity index (χ0v) is 18.2. The Morgan fingerprint density at radius 3 is 2.21 bits per heavy atom. The van der Waals surface area contributed by atoms with Crippen LogP contribution < -0.4 is 0 Å². The van der Waals surface area contributed by atoms with E-state index in [4.69, 9.17) is 9.97 Å². The summed E-state index contributed by atoms with van der Waals surface area (Å²) in [6, 6.07) is 36.3. The largest absolute Gasteiger partial charge is 0.309 e. The Labute approximate surface area is 194 Å². The van der Waals surface area contributed by atoms with Crippen molar-refractivity contribution >= 4 is 60.3 Å². The van der Waals surface area contributed by atoms with E-state index in [0.29, 0.717) is 0 Å². The van der Waals surface area contributed by atoms with Crippen molar-refractivity contribution in [2.75, 3.05) is 0 Å². The van der Waals surface area contributed by atoms with Gasteiger partial charge in [-0.05, 0) is 54.6 Å². The van der Waals surface area contributed by atoms with Crippen LogP contribution >= 0.6 is 0 Å². The van der Waals surface area contributed by atoms with Crippen molar-refractivity contribution in [1.82, 2.24) is 18.9 Å². The van der Waals surface area contributed by atoms with Gasteiger partial charge in [-0.1, -0.05) is 48.5 Å². The van der Waals surface area contributed by atoms with Crippen LogP contribution in [0.4, 0.5) is 0 Å². The molecule has 0 saturated heterocycles. The van der Waals surface area contributed by atoms with Crippen LogP contribution in [0.25, 0.3) is 66.0 Å². The standard InChI is InChI=1S/C30H18N4/c1-2-9-19(10-3-1)33-25-13-6-4-11-20(25)21-17-22-23(18-28(21)33)30-32-24-12-5-7-14-26(24)34(30)27-15-8-16-31-29(22)27/h1-18H. The SMILES string of the molecule is c1ccc(-n2c3ccccc3c3cc4c(cc32)c2nc3ccccc3n2c2cccnc42)cc1. The molecule has 4 nitrogen and oxygen atoms in total. The maximum Gasteiger partial charge on any atom is 0.146 e. The molecule has 0 aliphatic rings. The molecule has 0 radical (unpaired) electrons. The van der Waals surface area contributed by atoms with E-state index in [0.717, 1.165) is 44.2 Å². The van der Waals surface area contributed by atoms with Crippen LogP contribution in [0.3, 0.4) is 0 Å². The van der Waals surface area contributed by atoms with Gasteiger partial charge in [-0.3, -0.25) is 9.38 Å². The molecule has 0 aliphatic heterocycles. The van der Waals surface area contributed by atoms with Crippen LogP contribution in [0.5, 0.6) is 0 Å². The van der Waals surface area contributed by atoms with Gasteiger partial charge in [0.1, 0.15) is 5.65 Å². The molecule has 0 amide bonds. The lowest BCUT2D eigenvalue weighted by Gasteiger charge is -2.10. The molecule has 0 aliphatic carbocycles. The van der Waals surface area contributed by atoms with E-state index in [1.165, 1.54) is 21.8 Å². The van der Waals surface area contributed by atoms with Crippen LogP contribution in [0.2, 0.25) is 0 Å².